The van der Waals surface area contributed by atoms with Gasteiger partial charge < -0.3 is 14.2 Å². The predicted molar refractivity (Wildman–Crippen MR) is 109 cm³/mol. The molecule has 0 aliphatic rings. The van der Waals surface area contributed by atoms with Gasteiger partial charge in [0.15, 0.2) is 18.1 Å². The number of hydrogen-bond donors (Lipinski definition) is 1. The van der Waals surface area contributed by atoms with E-state index in [1.807, 2.05) is 0 Å². The third-order valence-electron chi connectivity index (χ3n) is 3.39. The molecular weight excluding hydrogens is 428 g/mol. The van der Waals surface area contributed by atoms with Crippen molar-refractivity contribution in [1.29, 1.82) is 0 Å². The molecule has 0 radical (unpaired) electrons. The summed E-state index contributed by atoms with van der Waals surface area (Å²) in [5.74, 6) is 0.0532. The number of amides is 1. The summed E-state index contributed by atoms with van der Waals surface area (Å²) in [5.41, 5.74) is 3.64. The molecule has 2 aromatic carbocycles. The van der Waals surface area contributed by atoms with Gasteiger partial charge >= 0.3 is 5.97 Å². The van der Waals surface area contributed by atoms with E-state index in [0.717, 1.165) is 4.47 Å². The minimum absolute atomic E-state index is 0.204. The van der Waals surface area contributed by atoms with Crippen LogP contribution >= 0.6 is 15.9 Å². The van der Waals surface area contributed by atoms with Gasteiger partial charge in [-0.1, -0.05) is 15.9 Å². The molecule has 0 aliphatic carbocycles. The number of benzene rings is 2. The molecule has 0 aromatic heterocycles. The predicted octanol–water partition coefficient (Wildman–Crippen LogP) is 3.55. The fraction of sp³-hybridized carbons (Fsp3) is 0.250. The van der Waals surface area contributed by atoms with Crippen LogP contribution in [0.4, 0.5) is 0 Å². The number of rotatable bonds is 8. The van der Waals surface area contributed by atoms with Crippen LogP contribution in [0.2, 0.25) is 0 Å². The first-order chi connectivity index (χ1) is 13.4. The lowest BCUT2D eigenvalue weighted by molar-refractivity contribution is -0.149. The largest absolute Gasteiger partial charge is 0.493 e. The molecule has 0 aliphatic heterocycles. The summed E-state index contributed by atoms with van der Waals surface area (Å²) in [4.78, 5) is 23.6. The normalized spacial score (nSPS) is 10.8. The fourth-order valence-electron chi connectivity index (χ4n) is 2.15. The number of esters is 1. The number of methoxy groups -OCH3 is 1. The Kier molecular flexibility index (Phi) is 8.01. The second kappa shape index (κ2) is 10.5. The molecule has 0 saturated carbocycles. The molecule has 1 N–H and O–H groups in total. The van der Waals surface area contributed by atoms with Crippen LogP contribution in [0, 0.1) is 0 Å². The Balaban J connectivity index is 1.96. The number of hydrazone groups is 1. The van der Waals surface area contributed by atoms with E-state index in [2.05, 4.69) is 26.5 Å². The average Bonchev–Trinajstić information content (AvgIpc) is 2.66. The average molecular weight is 449 g/mol. The molecule has 0 atom stereocenters. The van der Waals surface area contributed by atoms with Crippen molar-refractivity contribution in [1.82, 2.24) is 5.43 Å². The molecule has 7 nitrogen and oxygen atoms in total. The van der Waals surface area contributed by atoms with E-state index in [4.69, 9.17) is 14.2 Å². The van der Waals surface area contributed by atoms with E-state index in [1.54, 1.807) is 56.3 Å². The third kappa shape index (κ3) is 6.70. The Bertz CT molecular complexity index is 850. The summed E-state index contributed by atoms with van der Waals surface area (Å²) in [6.45, 7) is 3.31. The first-order valence-electron chi connectivity index (χ1n) is 8.48. The summed E-state index contributed by atoms with van der Waals surface area (Å²) in [5, 5.41) is 3.95. The van der Waals surface area contributed by atoms with Crippen LogP contribution in [0.5, 0.6) is 11.5 Å². The number of hydrogen-bond acceptors (Lipinski definition) is 6. The van der Waals surface area contributed by atoms with Gasteiger partial charge in [-0.2, -0.15) is 5.10 Å². The van der Waals surface area contributed by atoms with E-state index < -0.39 is 5.97 Å². The molecule has 148 valence electrons. The van der Waals surface area contributed by atoms with Crippen molar-refractivity contribution < 1.29 is 23.8 Å². The Labute approximate surface area is 171 Å². The van der Waals surface area contributed by atoms with Gasteiger partial charge in [-0.25, -0.2) is 10.2 Å². The molecule has 1 amide bonds. The van der Waals surface area contributed by atoms with Crippen LogP contribution in [0.25, 0.3) is 0 Å². The van der Waals surface area contributed by atoms with Crippen LogP contribution in [-0.2, 0) is 9.53 Å². The highest BCUT2D eigenvalue weighted by molar-refractivity contribution is 9.10. The van der Waals surface area contributed by atoms with E-state index >= 15 is 0 Å². The van der Waals surface area contributed by atoms with Gasteiger partial charge in [0.2, 0.25) is 0 Å². The van der Waals surface area contributed by atoms with E-state index in [0.29, 0.717) is 22.6 Å². The summed E-state index contributed by atoms with van der Waals surface area (Å²) in [6, 6.07) is 12.0. The zero-order valence-corrected chi connectivity index (χ0v) is 17.4. The number of carbonyl (C=O) groups is 2. The molecule has 2 aromatic rings. The molecule has 28 heavy (non-hydrogen) atoms. The number of ether oxygens (including phenoxy) is 3. The first-order valence-corrected chi connectivity index (χ1v) is 9.27. The molecule has 0 unspecified atom stereocenters. The van der Waals surface area contributed by atoms with Gasteiger partial charge in [-0.15, -0.1) is 0 Å². The topological polar surface area (TPSA) is 86.2 Å². The van der Waals surface area contributed by atoms with Crippen LogP contribution in [0.15, 0.2) is 52.0 Å². The Hall–Kier alpha value is -2.87. The zero-order chi connectivity index (χ0) is 20.5. The van der Waals surface area contributed by atoms with Crippen LogP contribution in [0.3, 0.4) is 0 Å². The van der Waals surface area contributed by atoms with Gasteiger partial charge in [0.25, 0.3) is 5.91 Å². The highest BCUT2D eigenvalue weighted by Crippen LogP contribution is 2.27. The third-order valence-corrected chi connectivity index (χ3v) is 3.92. The zero-order valence-electron chi connectivity index (χ0n) is 15.8. The van der Waals surface area contributed by atoms with Gasteiger partial charge in [0.1, 0.15) is 0 Å². The van der Waals surface area contributed by atoms with Crippen molar-refractivity contribution in [2.45, 2.75) is 20.0 Å². The van der Waals surface area contributed by atoms with Crippen LogP contribution in [-0.4, -0.2) is 37.9 Å². The quantitative estimate of drug-likeness (QED) is 0.379. The summed E-state index contributed by atoms with van der Waals surface area (Å²) in [6.07, 6.45) is 1.28. The number of carbonyl (C=O) groups excluding carboxylic acids is 2. The van der Waals surface area contributed by atoms with E-state index in [9.17, 15) is 9.59 Å². The Morgan fingerprint density at radius 3 is 2.50 bits per heavy atom. The molecule has 0 fully saturated rings. The molecule has 0 saturated heterocycles. The summed E-state index contributed by atoms with van der Waals surface area (Å²) in [7, 11) is 1.49. The maximum Gasteiger partial charge on any atom is 0.344 e. The Morgan fingerprint density at radius 2 is 1.86 bits per heavy atom. The summed E-state index contributed by atoms with van der Waals surface area (Å²) < 4.78 is 16.6. The number of nitrogens with zero attached hydrogens (tertiary/aromatic N) is 1. The standard InChI is InChI=1S/C20H21BrN2O5/c1-13(2)28-19(24)12-27-17-9-4-14(10-18(17)26-3)11-22-23-20(25)15-5-7-16(21)8-6-15/h4-11,13H,12H2,1-3H3,(H,23,25)/b22-11+. The van der Waals surface area contributed by atoms with E-state index in [1.165, 1.54) is 13.3 Å². The molecule has 0 heterocycles. The van der Waals surface area contributed by atoms with Crippen molar-refractivity contribution in [3.63, 3.8) is 0 Å². The molecule has 8 heteroatoms. The molecule has 0 bridgehead atoms. The summed E-state index contributed by atoms with van der Waals surface area (Å²) >= 11 is 3.32. The molecule has 0 spiro atoms. The molecule has 2 rings (SSSR count). The maximum absolute atomic E-state index is 12.0. The smallest absolute Gasteiger partial charge is 0.344 e. The number of halogens is 1. The van der Waals surface area contributed by atoms with Crippen molar-refractivity contribution in [3.8, 4) is 11.5 Å². The maximum atomic E-state index is 12.0. The van der Waals surface area contributed by atoms with Crippen molar-refractivity contribution >= 4 is 34.0 Å². The monoisotopic (exact) mass is 448 g/mol. The molecular formula is C20H21BrN2O5. The van der Waals surface area contributed by atoms with Gasteiger partial charge in [0, 0.05) is 10.0 Å². The lowest BCUT2D eigenvalue weighted by Gasteiger charge is -2.12. The number of nitrogens with one attached hydrogen (secondary N) is 1. The second-order valence-corrected chi connectivity index (χ2v) is 6.86. The highest BCUT2D eigenvalue weighted by atomic mass is 79.9. The SMILES string of the molecule is COc1cc(/C=N/NC(=O)c2ccc(Br)cc2)ccc1OCC(=O)OC(C)C. The van der Waals surface area contributed by atoms with Gasteiger partial charge in [-0.3, -0.25) is 4.79 Å². The van der Waals surface area contributed by atoms with E-state index in [-0.39, 0.29) is 18.6 Å². The van der Waals surface area contributed by atoms with Gasteiger partial charge in [-0.05, 0) is 61.9 Å². The van der Waals surface area contributed by atoms with Crippen molar-refractivity contribution in [3.05, 3.63) is 58.1 Å². The second-order valence-electron chi connectivity index (χ2n) is 5.94. The lowest BCUT2D eigenvalue weighted by atomic mass is 10.2. The fourth-order valence-corrected chi connectivity index (χ4v) is 2.41. The van der Waals surface area contributed by atoms with Gasteiger partial charge in [0.05, 0.1) is 19.4 Å². The minimum atomic E-state index is -0.460. The highest BCUT2D eigenvalue weighted by Gasteiger charge is 2.10. The van der Waals surface area contributed by atoms with Crippen molar-refractivity contribution in [2.75, 3.05) is 13.7 Å². The van der Waals surface area contributed by atoms with Crippen molar-refractivity contribution in [2.24, 2.45) is 5.10 Å². The van der Waals surface area contributed by atoms with Crippen LogP contribution in [0.1, 0.15) is 29.8 Å². The lowest BCUT2D eigenvalue weighted by Crippen LogP contribution is -2.19. The minimum Gasteiger partial charge on any atom is -0.493 e. The Morgan fingerprint density at radius 1 is 1.14 bits per heavy atom. The first kappa shape index (κ1) is 21.4. The van der Waals surface area contributed by atoms with Crippen LogP contribution < -0.4 is 14.9 Å².